The van der Waals surface area contributed by atoms with Crippen molar-refractivity contribution in [3.63, 3.8) is 0 Å². The molecule has 0 fully saturated rings. The second kappa shape index (κ2) is 6.83. The first-order valence-electron chi connectivity index (χ1n) is 8.87. The normalized spacial score (nSPS) is 12.6. The van der Waals surface area contributed by atoms with Crippen molar-refractivity contribution in [2.45, 2.75) is 19.9 Å². The maximum atomic E-state index is 13.3. The molecule has 1 N–H and O–H groups in total. The summed E-state index contributed by atoms with van der Waals surface area (Å²) < 4.78 is 17.1. The predicted octanol–water partition coefficient (Wildman–Crippen LogP) is 4.08. The van der Waals surface area contributed by atoms with Crippen LogP contribution in [0.15, 0.2) is 55.0 Å². The van der Waals surface area contributed by atoms with Crippen LogP contribution in [0.2, 0.25) is 0 Å². The van der Waals surface area contributed by atoms with Crippen LogP contribution in [0.4, 0.5) is 10.2 Å². The van der Waals surface area contributed by atoms with Crippen molar-refractivity contribution in [1.82, 2.24) is 24.1 Å². The van der Waals surface area contributed by atoms with E-state index >= 15 is 0 Å². The lowest BCUT2D eigenvalue weighted by Gasteiger charge is -2.23. The van der Waals surface area contributed by atoms with Gasteiger partial charge in [-0.3, -0.25) is 0 Å². The molecule has 3 heterocycles. The molecule has 6 nitrogen and oxygen atoms in total. The molecule has 138 valence electrons. The summed E-state index contributed by atoms with van der Waals surface area (Å²) in [6, 6.07) is 10.1. The number of hydrogen-bond donors (Lipinski definition) is 1. The minimum atomic E-state index is -0.266. The van der Waals surface area contributed by atoms with Gasteiger partial charge in [0.1, 0.15) is 17.5 Å². The summed E-state index contributed by atoms with van der Waals surface area (Å²) in [5, 5.41) is 7.96. The van der Waals surface area contributed by atoms with Crippen LogP contribution in [0, 0.1) is 11.7 Å². The van der Waals surface area contributed by atoms with E-state index in [1.165, 1.54) is 12.1 Å². The third kappa shape index (κ3) is 3.28. The average molecular weight is 364 g/mol. The Hall–Kier alpha value is -3.22. The summed E-state index contributed by atoms with van der Waals surface area (Å²) in [7, 11) is 1.99. The SMILES string of the molecule is CC(C)C(Nc1cc(-c2ccc(F)cc2)nc2ccnn12)c1nccn1C. The van der Waals surface area contributed by atoms with E-state index in [0.717, 1.165) is 28.5 Å². The molecule has 7 heteroatoms. The smallest absolute Gasteiger partial charge is 0.157 e. The lowest BCUT2D eigenvalue weighted by molar-refractivity contribution is 0.505. The van der Waals surface area contributed by atoms with Crippen molar-refractivity contribution in [1.29, 1.82) is 0 Å². The number of anilines is 1. The predicted molar refractivity (Wildman–Crippen MR) is 103 cm³/mol. The first-order valence-corrected chi connectivity index (χ1v) is 8.87. The lowest BCUT2D eigenvalue weighted by atomic mass is 10.0. The van der Waals surface area contributed by atoms with E-state index in [9.17, 15) is 4.39 Å². The Balaban J connectivity index is 1.79. The van der Waals surface area contributed by atoms with Gasteiger partial charge in [0.05, 0.1) is 17.9 Å². The third-order valence-electron chi connectivity index (χ3n) is 4.61. The number of aryl methyl sites for hydroxylation is 1. The minimum absolute atomic E-state index is 0.000804. The number of aromatic nitrogens is 5. The van der Waals surface area contributed by atoms with Gasteiger partial charge < -0.3 is 9.88 Å². The molecule has 1 unspecified atom stereocenters. The van der Waals surface area contributed by atoms with Crippen molar-refractivity contribution in [3.05, 3.63) is 66.6 Å². The Bertz CT molecular complexity index is 1060. The van der Waals surface area contributed by atoms with Crippen LogP contribution in [-0.4, -0.2) is 24.1 Å². The van der Waals surface area contributed by atoms with Gasteiger partial charge in [0.25, 0.3) is 0 Å². The van der Waals surface area contributed by atoms with Crippen LogP contribution < -0.4 is 5.32 Å². The first kappa shape index (κ1) is 17.2. The zero-order valence-corrected chi connectivity index (χ0v) is 15.5. The number of hydrogen-bond acceptors (Lipinski definition) is 4. The third-order valence-corrected chi connectivity index (χ3v) is 4.61. The maximum Gasteiger partial charge on any atom is 0.157 e. The topological polar surface area (TPSA) is 60.0 Å². The Labute approximate surface area is 156 Å². The van der Waals surface area contributed by atoms with Crippen molar-refractivity contribution in [2.75, 3.05) is 5.32 Å². The highest BCUT2D eigenvalue weighted by atomic mass is 19.1. The highest BCUT2D eigenvalue weighted by Crippen LogP contribution is 2.28. The fourth-order valence-electron chi connectivity index (χ4n) is 3.15. The second-order valence-corrected chi connectivity index (χ2v) is 6.90. The van der Waals surface area contributed by atoms with E-state index in [2.05, 4.69) is 34.2 Å². The second-order valence-electron chi connectivity index (χ2n) is 6.90. The van der Waals surface area contributed by atoms with Gasteiger partial charge in [-0.1, -0.05) is 13.8 Å². The zero-order chi connectivity index (χ0) is 19.0. The molecular weight excluding hydrogens is 343 g/mol. The number of imidazole rings is 1. The summed E-state index contributed by atoms with van der Waals surface area (Å²) in [5.41, 5.74) is 2.33. The molecule has 0 aliphatic heterocycles. The molecule has 3 aromatic heterocycles. The van der Waals surface area contributed by atoms with Gasteiger partial charge in [0, 0.05) is 37.1 Å². The molecule has 0 aliphatic rings. The Morgan fingerprint density at radius 1 is 1.07 bits per heavy atom. The Kier molecular flexibility index (Phi) is 4.35. The summed E-state index contributed by atoms with van der Waals surface area (Å²) in [6.07, 6.45) is 5.45. The number of nitrogens with one attached hydrogen (secondary N) is 1. The number of nitrogens with zero attached hydrogens (tertiary/aromatic N) is 5. The van der Waals surface area contributed by atoms with Gasteiger partial charge in [-0.2, -0.15) is 9.61 Å². The van der Waals surface area contributed by atoms with Gasteiger partial charge in [-0.25, -0.2) is 14.4 Å². The average Bonchev–Trinajstić information content (AvgIpc) is 3.28. The number of fused-ring (bicyclic) bond motifs is 1. The van der Waals surface area contributed by atoms with E-state index in [1.807, 2.05) is 29.9 Å². The molecular formula is C20H21FN6. The van der Waals surface area contributed by atoms with Gasteiger partial charge in [-0.05, 0) is 30.2 Å². The van der Waals surface area contributed by atoms with Gasteiger partial charge in [-0.15, -0.1) is 0 Å². The quantitative estimate of drug-likeness (QED) is 0.580. The van der Waals surface area contributed by atoms with Crippen LogP contribution in [0.3, 0.4) is 0 Å². The van der Waals surface area contributed by atoms with Crippen LogP contribution >= 0.6 is 0 Å². The summed E-state index contributed by atoms with van der Waals surface area (Å²) in [4.78, 5) is 9.15. The van der Waals surface area contributed by atoms with Crippen molar-refractivity contribution in [2.24, 2.45) is 13.0 Å². The van der Waals surface area contributed by atoms with E-state index in [0.29, 0.717) is 5.92 Å². The van der Waals surface area contributed by atoms with E-state index in [4.69, 9.17) is 0 Å². The summed E-state index contributed by atoms with van der Waals surface area (Å²) >= 11 is 0. The zero-order valence-electron chi connectivity index (χ0n) is 15.5. The van der Waals surface area contributed by atoms with Gasteiger partial charge in [0.2, 0.25) is 0 Å². The van der Waals surface area contributed by atoms with Gasteiger partial charge >= 0.3 is 0 Å². The standard InChI is InChI=1S/C20H21FN6/c1-13(2)19(20-22-10-11-26(20)3)25-18-12-16(14-4-6-15(21)7-5-14)24-17-8-9-23-27(17)18/h4-13,19,25H,1-3H3. The van der Waals surface area contributed by atoms with Crippen molar-refractivity contribution in [3.8, 4) is 11.3 Å². The fourth-order valence-corrected chi connectivity index (χ4v) is 3.15. The highest BCUT2D eigenvalue weighted by Gasteiger charge is 2.21. The molecule has 0 amide bonds. The number of rotatable bonds is 5. The molecule has 0 bridgehead atoms. The number of benzene rings is 1. The number of halogens is 1. The van der Waals surface area contributed by atoms with Crippen molar-refractivity contribution < 1.29 is 4.39 Å². The lowest BCUT2D eigenvalue weighted by Crippen LogP contribution is -2.22. The molecule has 4 rings (SSSR count). The molecule has 1 atom stereocenters. The van der Waals surface area contributed by atoms with Crippen LogP contribution in [0.25, 0.3) is 16.9 Å². The largest absolute Gasteiger partial charge is 0.360 e. The minimum Gasteiger partial charge on any atom is -0.360 e. The molecule has 1 aromatic carbocycles. The molecule has 0 saturated heterocycles. The molecule has 0 aliphatic carbocycles. The fraction of sp³-hybridized carbons (Fsp3) is 0.250. The van der Waals surface area contributed by atoms with Crippen LogP contribution in [0.1, 0.15) is 25.7 Å². The first-order chi connectivity index (χ1) is 13.0. The van der Waals surface area contributed by atoms with E-state index in [1.54, 1.807) is 29.0 Å². The monoisotopic (exact) mass is 364 g/mol. The Morgan fingerprint density at radius 3 is 2.52 bits per heavy atom. The Morgan fingerprint density at radius 2 is 1.85 bits per heavy atom. The molecule has 0 spiro atoms. The maximum absolute atomic E-state index is 13.3. The molecule has 27 heavy (non-hydrogen) atoms. The summed E-state index contributed by atoms with van der Waals surface area (Å²) in [6.45, 7) is 4.30. The summed E-state index contributed by atoms with van der Waals surface area (Å²) in [5.74, 6) is 1.80. The van der Waals surface area contributed by atoms with Crippen molar-refractivity contribution >= 4 is 11.5 Å². The molecule has 0 saturated carbocycles. The highest BCUT2D eigenvalue weighted by molar-refractivity contribution is 5.66. The van der Waals surface area contributed by atoms with E-state index < -0.39 is 0 Å². The molecule has 4 aromatic rings. The van der Waals surface area contributed by atoms with Crippen LogP contribution in [0.5, 0.6) is 0 Å². The molecule has 0 radical (unpaired) electrons. The van der Waals surface area contributed by atoms with E-state index in [-0.39, 0.29) is 11.9 Å². The van der Waals surface area contributed by atoms with Crippen LogP contribution in [-0.2, 0) is 7.05 Å². The van der Waals surface area contributed by atoms with Gasteiger partial charge in [0.15, 0.2) is 5.65 Å².